The number of hydrogen-bond acceptors (Lipinski definition) is 4. The van der Waals surface area contributed by atoms with E-state index in [1.54, 1.807) is 42.0 Å². The van der Waals surface area contributed by atoms with Gasteiger partial charge in [0.1, 0.15) is 17.2 Å². The van der Waals surface area contributed by atoms with Crippen LogP contribution in [0.1, 0.15) is 64.8 Å². The summed E-state index contributed by atoms with van der Waals surface area (Å²) < 4.78 is 37.2. The van der Waals surface area contributed by atoms with Crippen LogP contribution < -0.4 is 0 Å². The molecule has 1 aliphatic rings. The summed E-state index contributed by atoms with van der Waals surface area (Å²) in [7, 11) is 0. The standard InChI is InChI=1S/C39H40F2N4O3/c1-25-27(11-9-15-31(25)40)23-33-36-30(17-18-42-33)35(37(46)43-19-21-44(22-20-43)38(47)48-39(3,4)5)34(45(36)29-13-7-6-8-14-29)24-28-12-10-16-32(41)26(28)2/h6-18H,19-24H2,1-5H3. The molecule has 0 spiro atoms. The van der Waals surface area contributed by atoms with Crippen LogP contribution in [0, 0.1) is 25.5 Å². The summed E-state index contributed by atoms with van der Waals surface area (Å²) in [5.74, 6) is -0.784. The molecule has 0 bridgehead atoms. The van der Waals surface area contributed by atoms with Crippen molar-refractivity contribution in [1.29, 1.82) is 0 Å². The molecule has 6 rings (SSSR count). The van der Waals surface area contributed by atoms with E-state index in [9.17, 15) is 18.4 Å². The number of hydrogen-bond donors (Lipinski definition) is 0. The van der Waals surface area contributed by atoms with E-state index < -0.39 is 11.7 Å². The number of pyridine rings is 1. The van der Waals surface area contributed by atoms with E-state index in [0.717, 1.165) is 22.3 Å². The lowest BCUT2D eigenvalue weighted by molar-refractivity contribution is 0.0141. The third-order valence-electron chi connectivity index (χ3n) is 8.97. The minimum atomic E-state index is -0.622. The lowest BCUT2D eigenvalue weighted by Gasteiger charge is -2.35. The van der Waals surface area contributed by atoms with Crippen LogP contribution in [0.5, 0.6) is 0 Å². The van der Waals surface area contributed by atoms with Crippen LogP contribution in [0.15, 0.2) is 79.0 Å². The average molecular weight is 651 g/mol. The van der Waals surface area contributed by atoms with Gasteiger partial charge >= 0.3 is 6.09 Å². The van der Waals surface area contributed by atoms with Gasteiger partial charge in [-0.25, -0.2) is 13.6 Å². The fourth-order valence-corrected chi connectivity index (χ4v) is 6.37. The normalized spacial score (nSPS) is 13.6. The summed E-state index contributed by atoms with van der Waals surface area (Å²) in [5, 5.41) is 0.710. The van der Waals surface area contributed by atoms with Crippen LogP contribution in [0.4, 0.5) is 13.6 Å². The van der Waals surface area contributed by atoms with Gasteiger partial charge in [0.25, 0.3) is 5.91 Å². The molecule has 0 atom stereocenters. The number of nitrogens with zero attached hydrogens (tertiary/aromatic N) is 4. The topological polar surface area (TPSA) is 67.7 Å². The van der Waals surface area contributed by atoms with Crippen LogP contribution in [0.25, 0.3) is 16.6 Å². The highest BCUT2D eigenvalue weighted by molar-refractivity contribution is 6.09. The number of ether oxygens (including phenoxy) is 1. The number of para-hydroxylation sites is 1. The van der Waals surface area contributed by atoms with Crippen LogP contribution in [0.3, 0.4) is 0 Å². The second-order valence-electron chi connectivity index (χ2n) is 13.3. The van der Waals surface area contributed by atoms with Crippen molar-refractivity contribution in [2.75, 3.05) is 26.2 Å². The first-order chi connectivity index (χ1) is 22.9. The predicted octanol–water partition coefficient (Wildman–Crippen LogP) is 7.80. The van der Waals surface area contributed by atoms with E-state index in [2.05, 4.69) is 4.57 Å². The molecule has 0 saturated carbocycles. The van der Waals surface area contributed by atoms with Crippen molar-refractivity contribution in [3.63, 3.8) is 0 Å². The zero-order valence-corrected chi connectivity index (χ0v) is 28.0. The summed E-state index contributed by atoms with van der Waals surface area (Å²) in [5.41, 5.74) is 5.46. The SMILES string of the molecule is Cc1c(F)cccc1Cc1nccc2c(C(=O)N3CCN(C(=O)OC(C)(C)C)CC3)c(Cc3cccc(F)c3C)n(-c3ccccc3)c12. The number of carbonyl (C=O) groups excluding carboxylic acids is 2. The molecule has 48 heavy (non-hydrogen) atoms. The minimum absolute atomic E-state index is 0.179. The Kier molecular flexibility index (Phi) is 9.05. The van der Waals surface area contributed by atoms with Gasteiger partial charge in [0.2, 0.25) is 0 Å². The third kappa shape index (κ3) is 6.54. The fraction of sp³-hybridized carbons (Fsp3) is 0.308. The largest absolute Gasteiger partial charge is 0.444 e. The summed E-state index contributed by atoms with van der Waals surface area (Å²) in [6, 6.07) is 21.6. The van der Waals surface area contributed by atoms with E-state index in [0.29, 0.717) is 66.1 Å². The maximum absolute atomic E-state index is 14.9. The Hall–Kier alpha value is -5.05. The van der Waals surface area contributed by atoms with Gasteiger partial charge in [0.05, 0.1) is 16.8 Å². The first kappa shape index (κ1) is 32.9. The van der Waals surface area contributed by atoms with E-state index in [-0.39, 0.29) is 24.0 Å². The van der Waals surface area contributed by atoms with E-state index in [1.807, 2.05) is 69.3 Å². The Morgan fingerprint density at radius 1 is 0.771 bits per heavy atom. The monoisotopic (exact) mass is 650 g/mol. The Labute approximate surface area is 279 Å². The highest BCUT2D eigenvalue weighted by atomic mass is 19.1. The summed E-state index contributed by atoms with van der Waals surface area (Å²) in [4.78, 5) is 35.7. The Morgan fingerprint density at radius 2 is 1.35 bits per heavy atom. The number of piperazine rings is 1. The van der Waals surface area contributed by atoms with Crippen molar-refractivity contribution in [2.45, 2.75) is 53.1 Å². The molecule has 1 saturated heterocycles. The molecule has 3 aromatic carbocycles. The Bertz CT molecular complexity index is 1990. The number of fused-ring (bicyclic) bond motifs is 1. The lowest BCUT2D eigenvalue weighted by atomic mass is 9.99. The average Bonchev–Trinajstić information content (AvgIpc) is 3.39. The molecule has 0 aliphatic carbocycles. The number of rotatable bonds is 6. The molecule has 1 aliphatic heterocycles. The Balaban J connectivity index is 1.51. The third-order valence-corrected chi connectivity index (χ3v) is 8.97. The zero-order chi connectivity index (χ0) is 34.2. The highest BCUT2D eigenvalue weighted by Gasteiger charge is 2.33. The first-order valence-electron chi connectivity index (χ1n) is 16.2. The first-order valence-corrected chi connectivity index (χ1v) is 16.2. The van der Waals surface area contributed by atoms with Crippen molar-refractivity contribution in [3.8, 4) is 5.69 Å². The van der Waals surface area contributed by atoms with Crippen molar-refractivity contribution in [2.24, 2.45) is 0 Å². The number of amides is 2. The lowest BCUT2D eigenvalue weighted by Crippen LogP contribution is -2.51. The van der Waals surface area contributed by atoms with Gasteiger partial charge in [-0.15, -0.1) is 0 Å². The van der Waals surface area contributed by atoms with Crippen LogP contribution in [-0.4, -0.2) is 63.1 Å². The summed E-state index contributed by atoms with van der Waals surface area (Å²) >= 11 is 0. The smallest absolute Gasteiger partial charge is 0.410 e. The van der Waals surface area contributed by atoms with Crippen LogP contribution in [0.2, 0.25) is 0 Å². The molecule has 2 aromatic heterocycles. The molecule has 5 aromatic rings. The van der Waals surface area contributed by atoms with Crippen molar-refractivity contribution < 1.29 is 23.1 Å². The molecule has 3 heterocycles. The molecule has 0 radical (unpaired) electrons. The fourth-order valence-electron chi connectivity index (χ4n) is 6.37. The molecular formula is C39H40F2N4O3. The number of halogens is 2. The minimum Gasteiger partial charge on any atom is -0.444 e. The van der Waals surface area contributed by atoms with Gasteiger partial charge in [-0.05, 0) is 87.2 Å². The maximum atomic E-state index is 14.9. The molecule has 0 unspecified atom stereocenters. The summed E-state index contributed by atoms with van der Waals surface area (Å²) in [6.07, 6.45) is 1.92. The summed E-state index contributed by atoms with van der Waals surface area (Å²) in [6.45, 7) is 10.3. The van der Waals surface area contributed by atoms with Crippen molar-refractivity contribution in [1.82, 2.24) is 19.4 Å². The van der Waals surface area contributed by atoms with E-state index in [4.69, 9.17) is 9.72 Å². The zero-order valence-electron chi connectivity index (χ0n) is 28.0. The number of carbonyl (C=O) groups is 2. The molecule has 2 amide bonds. The van der Waals surface area contributed by atoms with Gasteiger partial charge in [-0.3, -0.25) is 9.78 Å². The molecular weight excluding hydrogens is 610 g/mol. The maximum Gasteiger partial charge on any atom is 0.410 e. The van der Waals surface area contributed by atoms with Gasteiger partial charge < -0.3 is 19.1 Å². The number of benzene rings is 3. The highest BCUT2D eigenvalue weighted by Crippen LogP contribution is 2.35. The Morgan fingerprint density at radius 3 is 1.96 bits per heavy atom. The van der Waals surface area contributed by atoms with Gasteiger partial charge in [0.15, 0.2) is 0 Å². The quantitative estimate of drug-likeness (QED) is 0.188. The molecule has 0 N–H and O–H groups in total. The van der Waals surface area contributed by atoms with Crippen molar-refractivity contribution >= 4 is 22.9 Å². The van der Waals surface area contributed by atoms with E-state index in [1.165, 1.54) is 12.1 Å². The van der Waals surface area contributed by atoms with Gasteiger partial charge in [-0.1, -0.05) is 42.5 Å². The van der Waals surface area contributed by atoms with Crippen LogP contribution in [-0.2, 0) is 17.6 Å². The van der Waals surface area contributed by atoms with Gasteiger partial charge in [-0.2, -0.15) is 0 Å². The van der Waals surface area contributed by atoms with Crippen LogP contribution >= 0.6 is 0 Å². The second-order valence-corrected chi connectivity index (χ2v) is 13.3. The molecule has 7 nitrogen and oxygen atoms in total. The predicted molar refractivity (Wildman–Crippen MR) is 183 cm³/mol. The molecule has 9 heteroatoms. The second kappa shape index (κ2) is 13.2. The van der Waals surface area contributed by atoms with E-state index >= 15 is 0 Å². The molecule has 1 fully saturated rings. The van der Waals surface area contributed by atoms with Gasteiger partial charge in [0, 0.05) is 62.0 Å². The number of aromatic nitrogens is 2. The molecule has 248 valence electrons. The van der Waals surface area contributed by atoms with Crippen molar-refractivity contribution in [3.05, 3.63) is 130 Å².